The molecule has 16 heavy (non-hydrogen) atoms. The average molecular weight is 227 g/mol. The van der Waals surface area contributed by atoms with Crippen LogP contribution in [0.15, 0.2) is 0 Å². The second kappa shape index (κ2) is 6.25. The van der Waals surface area contributed by atoms with Crippen LogP contribution in [-0.2, 0) is 19.1 Å². The van der Waals surface area contributed by atoms with Crippen molar-refractivity contribution < 1.29 is 19.1 Å². The molecule has 0 aromatic rings. The number of ether oxygens (including phenoxy) is 1. The first-order chi connectivity index (χ1) is 7.61. The molecule has 0 bridgehead atoms. The maximum absolute atomic E-state index is 11.2. The molecular formula is C11H17NO4. The van der Waals surface area contributed by atoms with Crippen LogP contribution in [0, 0.1) is 0 Å². The standard InChI is InChI=1S/C11H17NO4/c1-9(13)16-8-4-2-3-7-12-10(14)5-6-11(12)15/h2-8H2,1H3. The Kier molecular flexibility index (Phi) is 4.95. The van der Waals surface area contributed by atoms with Gasteiger partial charge in [-0.15, -0.1) is 0 Å². The van der Waals surface area contributed by atoms with Crippen molar-refractivity contribution in [3.05, 3.63) is 0 Å². The number of unbranched alkanes of at least 4 members (excludes halogenated alkanes) is 2. The van der Waals surface area contributed by atoms with Crippen LogP contribution in [-0.4, -0.2) is 35.8 Å². The van der Waals surface area contributed by atoms with Gasteiger partial charge in [0, 0.05) is 26.3 Å². The number of carbonyl (C=O) groups is 3. The SMILES string of the molecule is CC(=O)OCCCCCN1C(=O)CCC1=O. The summed E-state index contributed by atoms with van der Waals surface area (Å²) in [5, 5.41) is 0. The number of esters is 1. The smallest absolute Gasteiger partial charge is 0.302 e. The number of carbonyl (C=O) groups excluding carboxylic acids is 3. The molecule has 1 saturated heterocycles. The minimum absolute atomic E-state index is 0.0648. The Balaban J connectivity index is 2.05. The highest BCUT2D eigenvalue weighted by atomic mass is 16.5. The van der Waals surface area contributed by atoms with Crippen molar-refractivity contribution in [1.29, 1.82) is 0 Å². The van der Waals surface area contributed by atoms with Crippen molar-refractivity contribution in [2.75, 3.05) is 13.2 Å². The third-order valence-corrected chi connectivity index (χ3v) is 2.49. The molecule has 1 fully saturated rings. The van der Waals surface area contributed by atoms with E-state index in [0.717, 1.165) is 19.3 Å². The van der Waals surface area contributed by atoms with Crippen LogP contribution in [0.1, 0.15) is 39.0 Å². The summed E-state index contributed by atoms with van der Waals surface area (Å²) in [5.41, 5.74) is 0. The Morgan fingerprint density at radius 1 is 1.19 bits per heavy atom. The Morgan fingerprint density at radius 3 is 2.38 bits per heavy atom. The van der Waals surface area contributed by atoms with Crippen molar-refractivity contribution in [1.82, 2.24) is 4.90 Å². The van der Waals surface area contributed by atoms with Crippen molar-refractivity contribution >= 4 is 17.8 Å². The van der Waals surface area contributed by atoms with Gasteiger partial charge < -0.3 is 4.74 Å². The summed E-state index contributed by atoms with van der Waals surface area (Å²) in [6, 6.07) is 0. The van der Waals surface area contributed by atoms with Gasteiger partial charge in [0.15, 0.2) is 0 Å². The number of hydrogen-bond donors (Lipinski definition) is 0. The minimum Gasteiger partial charge on any atom is -0.466 e. The number of amides is 2. The van der Waals surface area contributed by atoms with Gasteiger partial charge in [-0.05, 0) is 19.3 Å². The molecular weight excluding hydrogens is 210 g/mol. The summed E-state index contributed by atoms with van der Waals surface area (Å²) in [4.78, 5) is 34.2. The average Bonchev–Trinajstić information content (AvgIpc) is 2.53. The molecule has 5 nitrogen and oxygen atoms in total. The Bertz CT molecular complexity index is 272. The molecule has 0 N–H and O–H groups in total. The van der Waals surface area contributed by atoms with Gasteiger partial charge in [0.05, 0.1) is 6.61 Å². The lowest BCUT2D eigenvalue weighted by molar-refractivity contribution is -0.141. The first-order valence-electron chi connectivity index (χ1n) is 5.58. The first kappa shape index (κ1) is 12.7. The Hall–Kier alpha value is -1.39. The van der Waals surface area contributed by atoms with E-state index in [0.29, 0.717) is 26.0 Å². The monoisotopic (exact) mass is 227 g/mol. The maximum Gasteiger partial charge on any atom is 0.302 e. The van der Waals surface area contributed by atoms with Crippen LogP contribution in [0.25, 0.3) is 0 Å². The van der Waals surface area contributed by atoms with Gasteiger partial charge in [0.2, 0.25) is 11.8 Å². The van der Waals surface area contributed by atoms with Crippen LogP contribution in [0.3, 0.4) is 0 Å². The molecule has 0 aliphatic carbocycles. The molecule has 1 aliphatic rings. The number of hydrogen-bond acceptors (Lipinski definition) is 4. The summed E-state index contributed by atoms with van der Waals surface area (Å²) in [5.74, 6) is -0.403. The highest BCUT2D eigenvalue weighted by Gasteiger charge is 2.27. The largest absolute Gasteiger partial charge is 0.466 e. The molecule has 90 valence electrons. The van der Waals surface area contributed by atoms with E-state index >= 15 is 0 Å². The van der Waals surface area contributed by atoms with Gasteiger partial charge in [-0.3, -0.25) is 19.3 Å². The molecule has 2 amide bonds. The molecule has 1 rings (SSSR count). The molecule has 5 heteroatoms. The molecule has 1 heterocycles. The lowest BCUT2D eigenvalue weighted by Crippen LogP contribution is -2.29. The predicted molar refractivity (Wildman–Crippen MR) is 56.4 cm³/mol. The summed E-state index contributed by atoms with van der Waals surface area (Å²) >= 11 is 0. The van der Waals surface area contributed by atoms with E-state index in [1.165, 1.54) is 11.8 Å². The van der Waals surface area contributed by atoms with E-state index in [1.807, 2.05) is 0 Å². The molecule has 0 unspecified atom stereocenters. The summed E-state index contributed by atoms with van der Waals surface area (Å²) in [6.07, 6.45) is 3.11. The zero-order valence-corrected chi connectivity index (χ0v) is 9.53. The topological polar surface area (TPSA) is 63.7 Å². The van der Waals surface area contributed by atoms with E-state index in [2.05, 4.69) is 0 Å². The van der Waals surface area contributed by atoms with E-state index in [1.54, 1.807) is 0 Å². The number of imide groups is 1. The van der Waals surface area contributed by atoms with Crippen molar-refractivity contribution in [2.45, 2.75) is 39.0 Å². The molecule has 0 aromatic heterocycles. The lowest BCUT2D eigenvalue weighted by atomic mass is 10.2. The predicted octanol–water partition coefficient (Wildman–Crippen LogP) is 0.869. The van der Waals surface area contributed by atoms with Crippen molar-refractivity contribution in [2.24, 2.45) is 0 Å². The first-order valence-corrected chi connectivity index (χ1v) is 5.58. The van der Waals surface area contributed by atoms with Crippen LogP contribution < -0.4 is 0 Å². The fraction of sp³-hybridized carbons (Fsp3) is 0.727. The van der Waals surface area contributed by atoms with Crippen LogP contribution in [0.5, 0.6) is 0 Å². The number of rotatable bonds is 6. The van der Waals surface area contributed by atoms with Crippen molar-refractivity contribution in [3.8, 4) is 0 Å². The van der Waals surface area contributed by atoms with Gasteiger partial charge in [-0.2, -0.15) is 0 Å². The molecule has 0 radical (unpaired) electrons. The normalized spacial score (nSPS) is 15.7. The van der Waals surface area contributed by atoms with E-state index in [-0.39, 0.29) is 17.8 Å². The molecule has 0 saturated carbocycles. The van der Waals surface area contributed by atoms with Crippen LogP contribution in [0.2, 0.25) is 0 Å². The second-order valence-corrected chi connectivity index (χ2v) is 3.84. The van der Waals surface area contributed by atoms with Gasteiger partial charge in [0.1, 0.15) is 0 Å². The molecule has 0 aromatic carbocycles. The fourth-order valence-corrected chi connectivity index (χ4v) is 1.64. The molecule has 1 aliphatic heterocycles. The number of likely N-dealkylation sites (tertiary alicyclic amines) is 1. The van der Waals surface area contributed by atoms with E-state index < -0.39 is 0 Å². The maximum atomic E-state index is 11.2. The second-order valence-electron chi connectivity index (χ2n) is 3.84. The molecule has 0 spiro atoms. The Labute approximate surface area is 94.7 Å². The third kappa shape index (κ3) is 4.00. The minimum atomic E-state index is -0.273. The quantitative estimate of drug-likeness (QED) is 0.383. The zero-order valence-electron chi connectivity index (χ0n) is 9.53. The van der Waals surface area contributed by atoms with Gasteiger partial charge in [-0.25, -0.2) is 0 Å². The zero-order chi connectivity index (χ0) is 12.0. The molecule has 0 atom stereocenters. The van der Waals surface area contributed by atoms with Crippen molar-refractivity contribution in [3.63, 3.8) is 0 Å². The van der Waals surface area contributed by atoms with Crippen LogP contribution >= 0.6 is 0 Å². The Morgan fingerprint density at radius 2 is 1.81 bits per heavy atom. The van der Waals surface area contributed by atoms with Gasteiger partial charge in [-0.1, -0.05) is 0 Å². The number of nitrogens with zero attached hydrogens (tertiary/aromatic N) is 1. The fourth-order valence-electron chi connectivity index (χ4n) is 1.64. The highest BCUT2D eigenvalue weighted by Crippen LogP contribution is 2.12. The van der Waals surface area contributed by atoms with E-state index in [4.69, 9.17) is 4.74 Å². The lowest BCUT2D eigenvalue weighted by Gasteiger charge is -2.12. The van der Waals surface area contributed by atoms with Gasteiger partial charge >= 0.3 is 5.97 Å². The summed E-state index contributed by atoms with van der Waals surface area (Å²) in [6.45, 7) is 2.29. The van der Waals surface area contributed by atoms with E-state index in [9.17, 15) is 14.4 Å². The third-order valence-electron chi connectivity index (χ3n) is 2.49. The van der Waals surface area contributed by atoms with Gasteiger partial charge in [0.25, 0.3) is 0 Å². The summed E-state index contributed by atoms with van der Waals surface area (Å²) in [7, 11) is 0. The van der Waals surface area contributed by atoms with Crippen LogP contribution in [0.4, 0.5) is 0 Å². The summed E-state index contributed by atoms with van der Waals surface area (Å²) < 4.78 is 4.77. The highest BCUT2D eigenvalue weighted by molar-refractivity contribution is 6.01.